The average Bonchev–Trinajstić information content (AvgIpc) is 2.74. The van der Waals surface area contributed by atoms with Gasteiger partial charge < -0.3 is 5.11 Å². The lowest BCUT2D eigenvalue weighted by molar-refractivity contribution is 0.289. The molecule has 0 bridgehead atoms. The molecule has 1 nitrogen and oxygen atoms in total. The molecule has 146 valence electrons. The van der Waals surface area contributed by atoms with Gasteiger partial charge in [-0.1, -0.05) is 87.6 Å². The largest absolute Gasteiger partial charge is 0.396 e. The third-order valence-electron chi connectivity index (χ3n) is 6.25. The summed E-state index contributed by atoms with van der Waals surface area (Å²) < 4.78 is 0. The zero-order chi connectivity index (χ0) is 19.3. The van der Waals surface area contributed by atoms with Crippen molar-refractivity contribution in [3.8, 4) is 0 Å². The number of aryl methyl sites for hydroxylation is 2. The molecule has 0 unspecified atom stereocenters. The van der Waals surface area contributed by atoms with E-state index in [1.807, 2.05) is 0 Å². The third-order valence-corrected chi connectivity index (χ3v) is 6.25. The van der Waals surface area contributed by atoms with Crippen molar-refractivity contribution in [2.45, 2.75) is 64.7 Å². The van der Waals surface area contributed by atoms with E-state index in [1.165, 1.54) is 88.4 Å². The number of aliphatic hydroxyl groups excluding tert-OH is 1. The highest BCUT2D eigenvalue weighted by Crippen LogP contribution is 2.38. The Morgan fingerprint density at radius 1 is 0.571 bits per heavy atom. The van der Waals surface area contributed by atoms with Crippen LogP contribution in [0.5, 0.6) is 0 Å². The molecule has 4 aromatic rings. The molecule has 4 aromatic carbocycles. The molecule has 28 heavy (non-hydrogen) atoms. The number of benzene rings is 4. The zero-order valence-corrected chi connectivity index (χ0v) is 17.1. The van der Waals surface area contributed by atoms with Gasteiger partial charge in [0.1, 0.15) is 0 Å². The lowest BCUT2D eigenvalue weighted by Crippen LogP contribution is -1.94. The first-order chi connectivity index (χ1) is 13.8. The topological polar surface area (TPSA) is 20.2 Å². The summed E-state index contributed by atoms with van der Waals surface area (Å²) in [6, 6.07) is 18.4. The molecule has 0 spiro atoms. The van der Waals surface area contributed by atoms with Crippen LogP contribution in [0.4, 0.5) is 0 Å². The number of unbranched alkanes of at least 4 members (excludes halogenated alkanes) is 5. The van der Waals surface area contributed by atoms with E-state index < -0.39 is 0 Å². The fraction of sp³-hybridized carbons (Fsp3) is 0.407. The van der Waals surface area contributed by atoms with Gasteiger partial charge in [-0.25, -0.2) is 0 Å². The molecule has 0 aliphatic carbocycles. The summed E-state index contributed by atoms with van der Waals surface area (Å²) in [7, 11) is 0. The van der Waals surface area contributed by atoms with E-state index in [-0.39, 0.29) is 6.61 Å². The quantitative estimate of drug-likeness (QED) is 0.227. The highest BCUT2D eigenvalue weighted by atomic mass is 16.2. The highest BCUT2D eigenvalue weighted by molar-refractivity contribution is 6.24. The molecule has 0 atom stereocenters. The van der Waals surface area contributed by atoms with Gasteiger partial charge in [0.2, 0.25) is 0 Å². The van der Waals surface area contributed by atoms with E-state index in [2.05, 4.69) is 55.5 Å². The summed E-state index contributed by atoms with van der Waals surface area (Å²) in [5, 5.41) is 17.6. The Morgan fingerprint density at radius 2 is 1.07 bits per heavy atom. The molecule has 0 heterocycles. The second kappa shape index (κ2) is 8.92. The first-order valence-electron chi connectivity index (χ1n) is 11.1. The summed E-state index contributed by atoms with van der Waals surface area (Å²) >= 11 is 0. The second-order valence-corrected chi connectivity index (χ2v) is 8.22. The minimum absolute atomic E-state index is 0.254. The van der Waals surface area contributed by atoms with Crippen LogP contribution in [0.1, 0.15) is 63.0 Å². The molecule has 0 radical (unpaired) electrons. The Morgan fingerprint density at radius 3 is 1.64 bits per heavy atom. The first-order valence-corrected chi connectivity index (χ1v) is 11.1. The van der Waals surface area contributed by atoms with Crippen LogP contribution in [0.2, 0.25) is 0 Å². The molecule has 4 rings (SSSR count). The maximum Gasteiger partial charge on any atom is 0.0434 e. The van der Waals surface area contributed by atoms with Crippen LogP contribution in [0.3, 0.4) is 0 Å². The van der Waals surface area contributed by atoms with Crippen molar-refractivity contribution in [1.29, 1.82) is 0 Å². The van der Waals surface area contributed by atoms with Gasteiger partial charge in [0.05, 0.1) is 0 Å². The van der Waals surface area contributed by atoms with Crippen molar-refractivity contribution in [3.05, 3.63) is 59.7 Å². The molecule has 0 fully saturated rings. The molecule has 0 saturated carbocycles. The molecule has 0 aliphatic heterocycles. The smallest absolute Gasteiger partial charge is 0.0434 e. The van der Waals surface area contributed by atoms with E-state index in [9.17, 15) is 5.11 Å². The van der Waals surface area contributed by atoms with Crippen LogP contribution < -0.4 is 0 Å². The fourth-order valence-corrected chi connectivity index (χ4v) is 4.72. The van der Waals surface area contributed by atoms with E-state index in [1.54, 1.807) is 0 Å². The van der Waals surface area contributed by atoms with E-state index in [0.29, 0.717) is 0 Å². The molecule has 1 heteroatoms. The summed E-state index contributed by atoms with van der Waals surface area (Å²) in [4.78, 5) is 0. The maximum absolute atomic E-state index is 9.26. The molecular formula is C27H32O. The summed E-state index contributed by atoms with van der Waals surface area (Å²) in [6.07, 6.45) is 11.0. The fourth-order valence-electron chi connectivity index (χ4n) is 4.72. The monoisotopic (exact) mass is 372 g/mol. The predicted molar refractivity (Wildman–Crippen MR) is 123 cm³/mol. The average molecular weight is 373 g/mol. The second-order valence-electron chi connectivity index (χ2n) is 8.22. The van der Waals surface area contributed by atoms with Crippen molar-refractivity contribution in [2.75, 3.05) is 6.61 Å². The van der Waals surface area contributed by atoms with Crippen LogP contribution in [0.15, 0.2) is 48.5 Å². The number of aliphatic hydroxyl groups is 1. The minimum atomic E-state index is 0.254. The number of hydrogen-bond donors (Lipinski definition) is 1. The van der Waals surface area contributed by atoms with Gasteiger partial charge in [0.15, 0.2) is 0 Å². The summed E-state index contributed by atoms with van der Waals surface area (Å²) in [5.41, 5.74) is 2.86. The van der Waals surface area contributed by atoms with Gasteiger partial charge in [0, 0.05) is 6.61 Å². The zero-order valence-electron chi connectivity index (χ0n) is 17.1. The minimum Gasteiger partial charge on any atom is -0.396 e. The van der Waals surface area contributed by atoms with E-state index in [0.717, 1.165) is 12.8 Å². The van der Waals surface area contributed by atoms with Gasteiger partial charge in [-0.2, -0.15) is 0 Å². The molecular weight excluding hydrogens is 340 g/mol. The van der Waals surface area contributed by atoms with Crippen LogP contribution in [-0.4, -0.2) is 11.7 Å². The number of rotatable bonds is 10. The van der Waals surface area contributed by atoms with Gasteiger partial charge >= 0.3 is 0 Å². The van der Waals surface area contributed by atoms with Crippen molar-refractivity contribution >= 4 is 32.3 Å². The van der Waals surface area contributed by atoms with Crippen LogP contribution in [0, 0.1) is 0 Å². The van der Waals surface area contributed by atoms with Gasteiger partial charge in [-0.15, -0.1) is 0 Å². The van der Waals surface area contributed by atoms with Gasteiger partial charge in [-0.05, 0) is 69.1 Å². The van der Waals surface area contributed by atoms with E-state index in [4.69, 9.17) is 0 Å². The normalized spacial score (nSPS) is 11.9. The Balaban J connectivity index is 1.70. The van der Waals surface area contributed by atoms with Crippen molar-refractivity contribution in [3.63, 3.8) is 0 Å². The predicted octanol–water partition coefficient (Wildman–Crippen LogP) is 7.41. The highest BCUT2D eigenvalue weighted by Gasteiger charge is 2.12. The van der Waals surface area contributed by atoms with E-state index >= 15 is 0 Å². The van der Waals surface area contributed by atoms with Crippen LogP contribution in [-0.2, 0) is 12.8 Å². The SMILES string of the molecule is CCCCCCCCc1ccc2ccc3c(CCCO)ccc4ccc1c2c43. The van der Waals surface area contributed by atoms with Crippen molar-refractivity contribution in [1.82, 2.24) is 0 Å². The molecule has 0 aliphatic rings. The summed E-state index contributed by atoms with van der Waals surface area (Å²) in [6.45, 7) is 2.53. The standard InChI is InChI=1S/C27H32O/c1-2-3-4-5-6-7-9-20-11-13-22-16-18-25-21(10-8-19-28)12-14-23-15-17-24(20)26(22)27(23)25/h11-18,28H,2-10,19H2,1H3. The Hall–Kier alpha value is -2.12. The Labute approximate surface area is 168 Å². The van der Waals surface area contributed by atoms with Crippen LogP contribution >= 0.6 is 0 Å². The molecule has 0 aromatic heterocycles. The lowest BCUT2D eigenvalue weighted by atomic mass is 9.88. The first kappa shape index (κ1) is 19.2. The Bertz CT molecular complexity index is 1050. The molecule has 0 saturated heterocycles. The van der Waals surface area contributed by atoms with Crippen molar-refractivity contribution in [2.24, 2.45) is 0 Å². The Kier molecular flexibility index (Phi) is 6.12. The van der Waals surface area contributed by atoms with Crippen molar-refractivity contribution < 1.29 is 5.11 Å². The molecule has 1 N–H and O–H groups in total. The third kappa shape index (κ3) is 3.73. The van der Waals surface area contributed by atoms with Gasteiger partial charge in [0.25, 0.3) is 0 Å². The summed E-state index contributed by atoms with van der Waals surface area (Å²) in [5.74, 6) is 0. The van der Waals surface area contributed by atoms with Gasteiger partial charge in [-0.3, -0.25) is 0 Å². The maximum atomic E-state index is 9.26. The lowest BCUT2D eigenvalue weighted by Gasteiger charge is -2.16. The van der Waals surface area contributed by atoms with Crippen LogP contribution in [0.25, 0.3) is 32.3 Å². The number of hydrogen-bond acceptors (Lipinski definition) is 1. The molecule has 0 amide bonds.